The van der Waals surface area contributed by atoms with Crippen molar-refractivity contribution in [2.75, 3.05) is 19.6 Å². The van der Waals surface area contributed by atoms with Crippen LogP contribution in [0.5, 0.6) is 0 Å². The van der Waals surface area contributed by atoms with Crippen LogP contribution in [0.25, 0.3) is 0 Å². The predicted octanol–water partition coefficient (Wildman–Crippen LogP) is 0.913. The number of carbonyl (C=O) groups is 1. The lowest BCUT2D eigenvalue weighted by molar-refractivity contribution is 0.0889. The van der Waals surface area contributed by atoms with Crippen LogP contribution in [0.15, 0.2) is 18.3 Å². The average molecular weight is 277 g/mol. The van der Waals surface area contributed by atoms with E-state index in [2.05, 4.69) is 15.2 Å². The highest BCUT2D eigenvalue weighted by molar-refractivity contribution is 5.92. The number of carbonyl (C=O) groups excluding carboxylic acids is 1. The van der Waals surface area contributed by atoms with Crippen LogP contribution >= 0.6 is 0 Å². The molecule has 1 unspecified atom stereocenters. The van der Waals surface area contributed by atoms with Gasteiger partial charge in [0.15, 0.2) is 0 Å². The number of nitrogens with one attached hydrogen (secondary N) is 2. The van der Waals surface area contributed by atoms with E-state index in [9.17, 15) is 9.90 Å². The standard InChI is InChI=1S/C15H23N3O2/c19-14(11-3-4-11)10-17-15(20)13-2-1-9-18(13)12-5-7-16-8-6-12/h1-2,9,11-12,14,16,19H,3-8,10H2,(H,17,20). The van der Waals surface area contributed by atoms with Crippen LogP contribution in [0.2, 0.25) is 0 Å². The first kappa shape index (κ1) is 13.6. The number of hydrogen-bond acceptors (Lipinski definition) is 3. The van der Waals surface area contributed by atoms with Gasteiger partial charge >= 0.3 is 0 Å². The Kier molecular flexibility index (Phi) is 4.08. The molecule has 5 nitrogen and oxygen atoms in total. The van der Waals surface area contributed by atoms with E-state index in [0.717, 1.165) is 38.8 Å². The normalized spacial score (nSPS) is 21.6. The Morgan fingerprint density at radius 3 is 2.85 bits per heavy atom. The minimum Gasteiger partial charge on any atom is -0.391 e. The molecule has 3 N–H and O–H groups in total. The van der Waals surface area contributed by atoms with Gasteiger partial charge in [-0.1, -0.05) is 0 Å². The van der Waals surface area contributed by atoms with Crippen LogP contribution in [0.1, 0.15) is 42.2 Å². The second-order valence-electron chi connectivity index (χ2n) is 5.90. The van der Waals surface area contributed by atoms with Gasteiger partial charge in [0.1, 0.15) is 5.69 Å². The van der Waals surface area contributed by atoms with Crippen molar-refractivity contribution in [3.8, 4) is 0 Å². The summed E-state index contributed by atoms with van der Waals surface area (Å²) in [7, 11) is 0. The highest BCUT2D eigenvalue weighted by atomic mass is 16.3. The second-order valence-corrected chi connectivity index (χ2v) is 5.90. The monoisotopic (exact) mass is 277 g/mol. The van der Waals surface area contributed by atoms with Crippen LogP contribution in [0.3, 0.4) is 0 Å². The number of piperidine rings is 1. The number of hydrogen-bond donors (Lipinski definition) is 3. The van der Waals surface area contributed by atoms with Crippen molar-refractivity contribution in [3.05, 3.63) is 24.0 Å². The summed E-state index contributed by atoms with van der Waals surface area (Å²) in [5.74, 6) is 0.319. The van der Waals surface area contributed by atoms with Crippen molar-refractivity contribution in [1.82, 2.24) is 15.2 Å². The lowest BCUT2D eigenvalue weighted by Crippen LogP contribution is -2.36. The van der Waals surface area contributed by atoms with Crippen molar-refractivity contribution in [3.63, 3.8) is 0 Å². The molecule has 0 radical (unpaired) electrons. The van der Waals surface area contributed by atoms with Crippen molar-refractivity contribution >= 4 is 5.91 Å². The van der Waals surface area contributed by atoms with Crippen LogP contribution < -0.4 is 10.6 Å². The van der Waals surface area contributed by atoms with Crippen molar-refractivity contribution in [2.24, 2.45) is 5.92 Å². The van der Waals surface area contributed by atoms with Gasteiger partial charge in [0.05, 0.1) is 6.10 Å². The van der Waals surface area contributed by atoms with Crippen LogP contribution in [-0.4, -0.2) is 41.3 Å². The van der Waals surface area contributed by atoms with Crippen LogP contribution in [-0.2, 0) is 0 Å². The van der Waals surface area contributed by atoms with Gasteiger partial charge in [0.25, 0.3) is 5.91 Å². The molecule has 0 bridgehead atoms. The van der Waals surface area contributed by atoms with Gasteiger partial charge in [0, 0.05) is 18.8 Å². The molecule has 2 aliphatic rings. The number of aromatic nitrogens is 1. The molecule has 2 heterocycles. The zero-order valence-corrected chi connectivity index (χ0v) is 11.7. The van der Waals surface area contributed by atoms with E-state index in [0.29, 0.717) is 24.2 Å². The topological polar surface area (TPSA) is 66.3 Å². The largest absolute Gasteiger partial charge is 0.391 e. The van der Waals surface area contributed by atoms with Crippen molar-refractivity contribution in [2.45, 2.75) is 37.8 Å². The van der Waals surface area contributed by atoms with E-state index in [4.69, 9.17) is 0 Å². The summed E-state index contributed by atoms with van der Waals surface area (Å²) in [5.41, 5.74) is 0.708. The molecule has 0 spiro atoms. The summed E-state index contributed by atoms with van der Waals surface area (Å²) in [6.07, 6.45) is 5.88. The summed E-state index contributed by atoms with van der Waals surface area (Å²) >= 11 is 0. The van der Waals surface area contributed by atoms with Gasteiger partial charge in [-0.15, -0.1) is 0 Å². The lowest BCUT2D eigenvalue weighted by Gasteiger charge is -2.26. The molecule has 1 atom stereocenters. The molecule has 2 fully saturated rings. The Bertz CT molecular complexity index is 461. The molecule has 110 valence electrons. The molecule has 1 saturated carbocycles. The van der Waals surface area contributed by atoms with Gasteiger partial charge in [0.2, 0.25) is 0 Å². The third-order valence-corrected chi connectivity index (χ3v) is 4.35. The zero-order chi connectivity index (χ0) is 13.9. The van der Waals surface area contributed by atoms with E-state index in [1.165, 1.54) is 0 Å². The summed E-state index contributed by atoms with van der Waals surface area (Å²) < 4.78 is 2.08. The Labute approximate surface area is 119 Å². The Balaban J connectivity index is 1.60. The van der Waals surface area contributed by atoms with Gasteiger partial charge < -0.3 is 20.3 Å². The molecule has 1 aliphatic heterocycles. The molecule has 1 aliphatic carbocycles. The average Bonchev–Trinajstić information content (AvgIpc) is 3.22. The van der Waals surface area contributed by atoms with Gasteiger partial charge in [-0.3, -0.25) is 4.79 Å². The molecule has 1 aromatic heterocycles. The number of rotatable bonds is 5. The SMILES string of the molecule is O=C(NCC(O)C1CC1)c1cccn1C1CCNCC1. The van der Waals surface area contributed by atoms with E-state index in [1.54, 1.807) is 0 Å². The van der Waals surface area contributed by atoms with Crippen LogP contribution in [0.4, 0.5) is 0 Å². The Morgan fingerprint density at radius 2 is 2.15 bits per heavy atom. The second kappa shape index (κ2) is 5.97. The van der Waals surface area contributed by atoms with Crippen molar-refractivity contribution in [1.29, 1.82) is 0 Å². The van der Waals surface area contributed by atoms with Gasteiger partial charge in [-0.25, -0.2) is 0 Å². The fourth-order valence-corrected chi connectivity index (χ4v) is 2.92. The minimum absolute atomic E-state index is 0.0757. The Morgan fingerprint density at radius 1 is 1.40 bits per heavy atom. The lowest BCUT2D eigenvalue weighted by atomic mass is 10.1. The fourth-order valence-electron chi connectivity index (χ4n) is 2.92. The van der Waals surface area contributed by atoms with E-state index >= 15 is 0 Å². The highest BCUT2D eigenvalue weighted by Crippen LogP contribution is 2.32. The quantitative estimate of drug-likeness (QED) is 0.749. The maximum atomic E-state index is 12.3. The smallest absolute Gasteiger partial charge is 0.268 e. The molecule has 0 aromatic carbocycles. The molecule has 1 amide bonds. The van der Waals surface area contributed by atoms with E-state index in [-0.39, 0.29) is 12.0 Å². The zero-order valence-electron chi connectivity index (χ0n) is 11.7. The highest BCUT2D eigenvalue weighted by Gasteiger charge is 2.30. The number of amides is 1. The maximum absolute atomic E-state index is 12.3. The Hall–Kier alpha value is -1.33. The summed E-state index contributed by atoms with van der Waals surface area (Å²) in [5, 5.41) is 16.0. The number of aliphatic hydroxyl groups is 1. The number of aliphatic hydroxyl groups excluding tert-OH is 1. The number of nitrogens with zero attached hydrogens (tertiary/aromatic N) is 1. The molecular weight excluding hydrogens is 254 g/mol. The first-order valence-corrected chi connectivity index (χ1v) is 7.59. The van der Waals surface area contributed by atoms with Crippen LogP contribution in [0, 0.1) is 5.92 Å². The summed E-state index contributed by atoms with van der Waals surface area (Å²) in [6.45, 7) is 2.37. The summed E-state index contributed by atoms with van der Waals surface area (Å²) in [4.78, 5) is 12.3. The molecule has 1 saturated heterocycles. The first-order valence-electron chi connectivity index (χ1n) is 7.59. The molecule has 5 heteroatoms. The van der Waals surface area contributed by atoms with Crippen molar-refractivity contribution < 1.29 is 9.90 Å². The maximum Gasteiger partial charge on any atom is 0.268 e. The predicted molar refractivity (Wildman–Crippen MR) is 76.6 cm³/mol. The van der Waals surface area contributed by atoms with E-state index < -0.39 is 0 Å². The first-order chi connectivity index (χ1) is 9.75. The third-order valence-electron chi connectivity index (χ3n) is 4.35. The molecule has 20 heavy (non-hydrogen) atoms. The fraction of sp³-hybridized carbons (Fsp3) is 0.667. The van der Waals surface area contributed by atoms with Gasteiger partial charge in [-0.2, -0.15) is 0 Å². The van der Waals surface area contributed by atoms with Gasteiger partial charge in [-0.05, 0) is 56.8 Å². The molecule has 3 rings (SSSR count). The van der Waals surface area contributed by atoms with E-state index in [1.807, 2.05) is 18.3 Å². The molecule has 1 aromatic rings. The molecular formula is C15H23N3O2. The summed E-state index contributed by atoms with van der Waals surface area (Å²) in [6, 6.07) is 4.19. The third kappa shape index (κ3) is 3.04. The minimum atomic E-state index is -0.388.